The molecule has 0 aliphatic carbocycles. The molecular formula is C16H18N2O4S. The lowest BCUT2D eigenvalue weighted by Gasteiger charge is -2.12. The van der Waals surface area contributed by atoms with Crippen LogP contribution in [0, 0.1) is 0 Å². The molecule has 0 fully saturated rings. The Bertz CT molecular complexity index is 699. The molecule has 1 heterocycles. The SMILES string of the molecule is CCOC(C)C(=O)NCc1cccc(-c2nc(C(=O)O)cs2)c1. The monoisotopic (exact) mass is 334 g/mol. The van der Waals surface area contributed by atoms with Crippen LogP contribution >= 0.6 is 11.3 Å². The molecule has 0 aliphatic heterocycles. The molecule has 1 amide bonds. The molecule has 0 aliphatic rings. The van der Waals surface area contributed by atoms with E-state index in [4.69, 9.17) is 9.84 Å². The third-order valence-electron chi connectivity index (χ3n) is 3.15. The Morgan fingerprint density at radius 3 is 2.87 bits per heavy atom. The summed E-state index contributed by atoms with van der Waals surface area (Å²) in [6, 6.07) is 7.49. The summed E-state index contributed by atoms with van der Waals surface area (Å²) < 4.78 is 5.23. The summed E-state index contributed by atoms with van der Waals surface area (Å²) in [5, 5.41) is 13.9. The van der Waals surface area contributed by atoms with E-state index in [0.29, 0.717) is 18.2 Å². The van der Waals surface area contributed by atoms with Crippen molar-refractivity contribution in [1.29, 1.82) is 0 Å². The van der Waals surface area contributed by atoms with Gasteiger partial charge in [0.05, 0.1) is 0 Å². The molecule has 2 aromatic rings. The van der Waals surface area contributed by atoms with Crippen molar-refractivity contribution in [3.8, 4) is 10.6 Å². The Morgan fingerprint density at radius 2 is 2.22 bits per heavy atom. The number of ether oxygens (including phenoxy) is 1. The Balaban J connectivity index is 2.04. The first-order valence-electron chi connectivity index (χ1n) is 7.18. The van der Waals surface area contributed by atoms with E-state index in [1.807, 2.05) is 31.2 Å². The minimum atomic E-state index is -1.04. The van der Waals surface area contributed by atoms with Gasteiger partial charge in [-0.15, -0.1) is 11.3 Å². The first kappa shape index (κ1) is 17.1. The fourth-order valence-electron chi connectivity index (χ4n) is 1.98. The predicted octanol–water partition coefficient (Wildman–Crippen LogP) is 2.55. The second-order valence-corrected chi connectivity index (χ2v) is 5.72. The van der Waals surface area contributed by atoms with E-state index < -0.39 is 12.1 Å². The van der Waals surface area contributed by atoms with Gasteiger partial charge in [-0.25, -0.2) is 9.78 Å². The van der Waals surface area contributed by atoms with Crippen molar-refractivity contribution < 1.29 is 19.4 Å². The van der Waals surface area contributed by atoms with E-state index in [0.717, 1.165) is 11.1 Å². The van der Waals surface area contributed by atoms with Gasteiger partial charge >= 0.3 is 5.97 Å². The number of aromatic nitrogens is 1. The minimum absolute atomic E-state index is 0.0363. The summed E-state index contributed by atoms with van der Waals surface area (Å²) in [5.41, 5.74) is 1.77. The number of carbonyl (C=O) groups excluding carboxylic acids is 1. The number of nitrogens with zero attached hydrogens (tertiary/aromatic N) is 1. The fourth-order valence-corrected chi connectivity index (χ4v) is 2.77. The van der Waals surface area contributed by atoms with Crippen LogP contribution in [0.25, 0.3) is 10.6 Å². The number of hydrogen-bond donors (Lipinski definition) is 2. The van der Waals surface area contributed by atoms with Gasteiger partial charge in [-0.05, 0) is 25.5 Å². The number of carboxylic acids is 1. The van der Waals surface area contributed by atoms with E-state index in [9.17, 15) is 9.59 Å². The van der Waals surface area contributed by atoms with Gasteiger partial charge in [0.15, 0.2) is 5.69 Å². The van der Waals surface area contributed by atoms with Gasteiger partial charge in [-0.3, -0.25) is 4.79 Å². The van der Waals surface area contributed by atoms with Crippen molar-refractivity contribution in [2.45, 2.75) is 26.5 Å². The molecule has 1 aromatic heterocycles. The van der Waals surface area contributed by atoms with Crippen molar-refractivity contribution in [1.82, 2.24) is 10.3 Å². The molecule has 0 radical (unpaired) electrons. The molecule has 0 bridgehead atoms. The Kier molecular flexibility index (Phi) is 5.84. The van der Waals surface area contributed by atoms with Crippen molar-refractivity contribution >= 4 is 23.2 Å². The second-order valence-electron chi connectivity index (χ2n) is 4.86. The van der Waals surface area contributed by atoms with Crippen LogP contribution < -0.4 is 5.32 Å². The van der Waals surface area contributed by atoms with Crippen LogP contribution in [0.3, 0.4) is 0 Å². The van der Waals surface area contributed by atoms with Crippen molar-refractivity contribution in [2.75, 3.05) is 6.61 Å². The smallest absolute Gasteiger partial charge is 0.355 e. The summed E-state index contributed by atoms with van der Waals surface area (Å²) in [7, 11) is 0. The number of benzene rings is 1. The van der Waals surface area contributed by atoms with Crippen LogP contribution in [0.1, 0.15) is 29.9 Å². The van der Waals surface area contributed by atoms with Crippen LogP contribution in [-0.2, 0) is 16.1 Å². The number of rotatable bonds is 7. The third-order valence-corrected chi connectivity index (χ3v) is 4.04. The van der Waals surface area contributed by atoms with Gasteiger partial charge in [0, 0.05) is 24.1 Å². The van der Waals surface area contributed by atoms with Crippen LogP contribution in [0.5, 0.6) is 0 Å². The van der Waals surface area contributed by atoms with Crippen LogP contribution in [0.15, 0.2) is 29.6 Å². The molecule has 1 unspecified atom stereocenters. The van der Waals surface area contributed by atoms with Crippen LogP contribution in [0.2, 0.25) is 0 Å². The number of hydrogen-bond acceptors (Lipinski definition) is 5. The Labute approximate surface area is 138 Å². The first-order valence-corrected chi connectivity index (χ1v) is 8.06. The summed E-state index contributed by atoms with van der Waals surface area (Å²) in [6.07, 6.45) is -0.486. The van der Waals surface area contributed by atoms with Gasteiger partial charge in [-0.1, -0.05) is 18.2 Å². The number of nitrogens with one attached hydrogen (secondary N) is 1. The largest absolute Gasteiger partial charge is 0.476 e. The lowest BCUT2D eigenvalue weighted by molar-refractivity contribution is -0.131. The maximum absolute atomic E-state index is 11.8. The van der Waals surface area contributed by atoms with Crippen molar-refractivity contribution in [3.63, 3.8) is 0 Å². The number of carbonyl (C=O) groups is 2. The highest BCUT2D eigenvalue weighted by Gasteiger charge is 2.13. The zero-order chi connectivity index (χ0) is 16.8. The Morgan fingerprint density at radius 1 is 1.43 bits per heavy atom. The maximum Gasteiger partial charge on any atom is 0.355 e. The van der Waals surface area contributed by atoms with E-state index in [1.165, 1.54) is 16.7 Å². The van der Waals surface area contributed by atoms with Crippen LogP contribution in [-0.4, -0.2) is 34.7 Å². The molecule has 0 saturated heterocycles. The quantitative estimate of drug-likeness (QED) is 0.812. The van der Waals surface area contributed by atoms with Crippen molar-refractivity contribution in [2.24, 2.45) is 0 Å². The molecule has 23 heavy (non-hydrogen) atoms. The summed E-state index contributed by atoms with van der Waals surface area (Å²) >= 11 is 1.28. The minimum Gasteiger partial charge on any atom is -0.476 e. The molecule has 122 valence electrons. The fraction of sp³-hybridized carbons (Fsp3) is 0.312. The Hall–Kier alpha value is -2.25. The normalized spacial score (nSPS) is 11.9. The van der Waals surface area contributed by atoms with E-state index in [1.54, 1.807) is 6.92 Å². The second kappa shape index (κ2) is 7.85. The number of amides is 1. The topological polar surface area (TPSA) is 88.5 Å². The average Bonchev–Trinajstić information content (AvgIpc) is 3.03. The molecule has 6 nitrogen and oxygen atoms in total. The zero-order valence-corrected chi connectivity index (χ0v) is 13.7. The van der Waals surface area contributed by atoms with Gasteiger partial charge in [-0.2, -0.15) is 0 Å². The van der Waals surface area contributed by atoms with Gasteiger partial charge < -0.3 is 15.2 Å². The van der Waals surface area contributed by atoms with Crippen molar-refractivity contribution in [3.05, 3.63) is 40.9 Å². The zero-order valence-electron chi connectivity index (χ0n) is 12.9. The molecule has 0 saturated carbocycles. The maximum atomic E-state index is 11.8. The molecule has 0 spiro atoms. The molecular weight excluding hydrogens is 316 g/mol. The van der Waals surface area contributed by atoms with E-state index in [-0.39, 0.29) is 11.6 Å². The molecule has 2 N–H and O–H groups in total. The molecule has 1 atom stereocenters. The number of thiazole rings is 1. The number of carboxylic acid groups (broad SMARTS) is 1. The highest BCUT2D eigenvalue weighted by Crippen LogP contribution is 2.24. The third kappa shape index (κ3) is 4.61. The van der Waals surface area contributed by atoms with E-state index >= 15 is 0 Å². The molecule has 2 rings (SSSR count). The van der Waals surface area contributed by atoms with Gasteiger partial charge in [0.25, 0.3) is 0 Å². The number of aromatic carboxylic acids is 1. The standard InChI is InChI=1S/C16H18N2O4S/c1-3-22-10(2)14(19)17-8-11-5-4-6-12(7-11)15-18-13(9-23-15)16(20)21/h4-7,9-10H,3,8H2,1-2H3,(H,17,19)(H,20,21). The predicted molar refractivity (Wildman–Crippen MR) is 87.4 cm³/mol. The molecule has 1 aromatic carbocycles. The first-order chi connectivity index (χ1) is 11.0. The average molecular weight is 334 g/mol. The summed E-state index contributed by atoms with van der Waals surface area (Å²) in [4.78, 5) is 26.8. The van der Waals surface area contributed by atoms with E-state index in [2.05, 4.69) is 10.3 Å². The summed E-state index contributed by atoms with van der Waals surface area (Å²) in [5.74, 6) is -1.21. The lowest BCUT2D eigenvalue weighted by atomic mass is 10.1. The van der Waals surface area contributed by atoms with Gasteiger partial charge in [0.1, 0.15) is 11.1 Å². The highest BCUT2D eigenvalue weighted by molar-refractivity contribution is 7.13. The summed E-state index contributed by atoms with van der Waals surface area (Å²) in [6.45, 7) is 4.41. The van der Waals surface area contributed by atoms with Gasteiger partial charge in [0.2, 0.25) is 5.91 Å². The van der Waals surface area contributed by atoms with Crippen LogP contribution in [0.4, 0.5) is 0 Å². The lowest BCUT2D eigenvalue weighted by Crippen LogP contribution is -2.34. The molecule has 7 heteroatoms. The highest BCUT2D eigenvalue weighted by atomic mass is 32.1.